The summed E-state index contributed by atoms with van der Waals surface area (Å²) < 4.78 is 1.56. The minimum atomic E-state index is -0.0664. The van der Waals surface area contributed by atoms with Crippen LogP contribution >= 0.6 is 0 Å². The minimum Gasteiger partial charge on any atom is -0.342 e. The molecule has 1 amide bonds. The molecule has 0 N–H and O–H groups in total. The Labute approximate surface area is 124 Å². The maximum atomic E-state index is 11.9. The quantitative estimate of drug-likeness (QED) is 0.845. The van der Waals surface area contributed by atoms with Crippen molar-refractivity contribution in [3.05, 3.63) is 28.2 Å². The van der Waals surface area contributed by atoms with E-state index in [0.29, 0.717) is 18.4 Å². The second-order valence-corrected chi connectivity index (χ2v) is 7.37. The summed E-state index contributed by atoms with van der Waals surface area (Å²) >= 11 is 0. The third-order valence-corrected chi connectivity index (χ3v) is 4.26. The smallest absolute Gasteiger partial charge is 0.266 e. The first-order valence-electron chi connectivity index (χ1n) is 7.72. The highest BCUT2D eigenvalue weighted by Gasteiger charge is 2.39. The molecule has 1 saturated heterocycles. The Morgan fingerprint density at radius 3 is 2.52 bits per heavy atom. The summed E-state index contributed by atoms with van der Waals surface area (Å²) in [5.41, 5.74) is 0.797. The van der Waals surface area contributed by atoms with Crippen LogP contribution in [-0.4, -0.2) is 33.7 Å². The summed E-state index contributed by atoms with van der Waals surface area (Å²) in [5.74, 6) is 0.944. The van der Waals surface area contributed by atoms with Crippen molar-refractivity contribution >= 4 is 5.91 Å². The molecule has 1 aliphatic carbocycles. The molecule has 2 heterocycles. The molecule has 21 heavy (non-hydrogen) atoms. The molecule has 0 aromatic carbocycles. The number of hydrogen-bond donors (Lipinski definition) is 0. The maximum Gasteiger partial charge on any atom is 0.266 e. The molecular formula is C16H23N3O2. The average Bonchev–Trinajstić information content (AvgIpc) is 3.17. The topological polar surface area (TPSA) is 55.2 Å². The van der Waals surface area contributed by atoms with Crippen molar-refractivity contribution in [2.24, 2.45) is 11.8 Å². The lowest BCUT2D eigenvalue weighted by molar-refractivity contribution is -0.139. The molecule has 1 aromatic heterocycles. The zero-order chi connectivity index (χ0) is 15.2. The SMILES string of the molecule is CC(C)(C)c1ccc(=O)n(CC2CN(C(=O)C3CC3)C2)n1. The van der Waals surface area contributed by atoms with Crippen LogP contribution in [0.15, 0.2) is 16.9 Å². The van der Waals surface area contributed by atoms with E-state index in [4.69, 9.17) is 0 Å². The number of carbonyl (C=O) groups excluding carboxylic acids is 1. The van der Waals surface area contributed by atoms with Gasteiger partial charge in [-0.1, -0.05) is 20.8 Å². The van der Waals surface area contributed by atoms with Gasteiger partial charge in [-0.2, -0.15) is 5.10 Å². The van der Waals surface area contributed by atoms with Gasteiger partial charge in [0.15, 0.2) is 0 Å². The Bertz CT molecular complexity index is 605. The predicted octanol–water partition coefficient (Wildman–Crippen LogP) is 1.41. The third kappa shape index (κ3) is 3.01. The van der Waals surface area contributed by atoms with Gasteiger partial charge >= 0.3 is 0 Å². The molecule has 0 bridgehead atoms. The van der Waals surface area contributed by atoms with Crippen molar-refractivity contribution in [2.75, 3.05) is 13.1 Å². The number of nitrogens with zero attached hydrogens (tertiary/aromatic N) is 3. The summed E-state index contributed by atoms with van der Waals surface area (Å²) in [6.07, 6.45) is 2.10. The van der Waals surface area contributed by atoms with Crippen LogP contribution in [0, 0.1) is 11.8 Å². The second-order valence-electron chi connectivity index (χ2n) is 7.37. The van der Waals surface area contributed by atoms with E-state index in [1.807, 2.05) is 11.0 Å². The first-order valence-corrected chi connectivity index (χ1v) is 7.72. The number of rotatable bonds is 3. The van der Waals surface area contributed by atoms with Gasteiger partial charge in [0, 0.05) is 36.4 Å². The van der Waals surface area contributed by atoms with Gasteiger partial charge in [0.25, 0.3) is 5.56 Å². The third-order valence-electron chi connectivity index (χ3n) is 4.26. The zero-order valence-electron chi connectivity index (χ0n) is 13.0. The van der Waals surface area contributed by atoms with Gasteiger partial charge in [-0.3, -0.25) is 9.59 Å². The average molecular weight is 289 g/mol. The van der Waals surface area contributed by atoms with E-state index < -0.39 is 0 Å². The fourth-order valence-electron chi connectivity index (χ4n) is 2.68. The molecule has 5 heteroatoms. The van der Waals surface area contributed by atoms with E-state index in [9.17, 15) is 9.59 Å². The van der Waals surface area contributed by atoms with E-state index >= 15 is 0 Å². The molecule has 0 spiro atoms. The molecule has 1 aromatic rings. The van der Waals surface area contributed by atoms with Crippen molar-refractivity contribution in [1.82, 2.24) is 14.7 Å². The van der Waals surface area contributed by atoms with Crippen LogP contribution in [0.3, 0.4) is 0 Å². The van der Waals surface area contributed by atoms with E-state index in [1.165, 1.54) is 0 Å². The molecule has 2 fully saturated rings. The van der Waals surface area contributed by atoms with Crippen LogP contribution in [0.2, 0.25) is 0 Å². The van der Waals surface area contributed by atoms with Crippen molar-refractivity contribution in [3.63, 3.8) is 0 Å². The number of hydrogen-bond acceptors (Lipinski definition) is 3. The van der Waals surface area contributed by atoms with E-state index in [2.05, 4.69) is 25.9 Å². The molecule has 0 atom stereocenters. The van der Waals surface area contributed by atoms with Crippen molar-refractivity contribution in [1.29, 1.82) is 0 Å². The largest absolute Gasteiger partial charge is 0.342 e. The monoisotopic (exact) mass is 289 g/mol. The highest BCUT2D eigenvalue weighted by Crippen LogP contribution is 2.33. The fourth-order valence-corrected chi connectivity index (χ4v) is 2.68. The first kappa shape index (κ1) is 14.3. The Morgan fingerprint density at radius 1 is 1.29 bits per heavy atom. The zero-order valence-corrected chi connectivity index (χ0v) is 13.0. The van der Waals surface area contributed by atoms with Gasteiger partial charge in [-0.15, -0.1) is 0 Å². The molecule has 2 aliphatic rings. The van der Waals surface area contributed by atoms with E-state index in [-0.39, 0.29) is 16.9 Å². The number of aromatic nitrogens is 2. The van der Waals surface area contributed by atoms with E-state index in [0.717, 1.165) is 31.6 Å². The number of amides is 1. The lowest BCUT2D eigenvalue weighted by Gasteiger charge is -2.39. The molecule has 0 unspecified atom stereocenters. The highest BCUT2D eigenvalue weighted by atomic mass is 16.2. The van der Waals surface area contributed by atoms with Crippen LogP contribution in [0.25, 0.3) is 0 Å². The van der Waals surface area contributed by atoms with Gasteiger partial charge in [0.05, 0.1) is 12.2 Å². The molecule has 114 valence electrons. The highest BCUT2D eigenvalue weighted by molar-refractivity contribution is 5.81. The van der Waals surface area contributed by atoms with E-state index in [1.54, 1.807) is 10.7 Å². The molecule has 3 rings (SSSR count). The van der Waals surface area contributed by atoms with Crippen LogP contribution in [0.1, 0.15) is 39.3 Å². The minimum absolute atomic E-state index is 0.0602. The molecule has 1 aliphatic heterocycles. The van der Waals surface area contributed by atoms with Gasteiger partial charge in [0.2, 0.25) is 5.91 Å². The normalized spacial score (nSPS) is 19.5. The van der Waals surface area contributed by atoms with Gasteiger partial charge in [0.1, 0.15) is 0 Å². The Kier molecular flexibility index (Phi) is 3.38. The Balaban J connectivity index is 1.63. The molecular weight excluding hydrogens is 266 g/mol. The Morgan fingerprint density at radius 2 is 1.95 bits per heavy atom. The maximum absolute atomic E-state index is 11.9. The van der Waals surface area contributed by atoms with Crippen LogP contribution < -0.4 is 5.56 Å². The summed E-state index contributed by atoms with van der Waals surface area (Å²) in [6.45, 7) is 8.40. The Hall–Kier alpha value is -1.65. The standard InChI is InChI=1S/C16H23N3O2/c1-16(2,3)13-6-7-14(20)19(17-13)10-11-8-18(9-11)15(21)12-4-5-12/h6-7,11-12H,4-5,8-10H2,1-3H3. The molecule has 1 saturated carbocycles. The molecule has 5 nitrogen and oxygen atoms in total. The van der Waals surface area contributed by atoms with Gasteiger partial charge in [-0.05, 0) is 18.9 Å². The lowest BCUT2D eigenvalue weighted by Crippen LogP contribution is -2.52. The predicted molar refractivity (Wildman–Crippen MR) is 80.0 cm³/mol. The summed E-state index contributed by atoms with van der Waals surface area (Å²) in [4.78, 5) is 25.7. The van der Waals surface area contributed by atoms with Crippen LogP contribution in [0.4, 0.5) is 0 Å². The molecule has 0 radical (unpaired) electrons. The lowest BCUT2D eigenvalue weighted by atomic mass is 9.92. The summed E-state index contributed by atoms with van der Waals surface area (Å²) in [5, 5.41) is 4.48. The first-order chi connectivity index (χ1) is 9.84. The summed E-state index contributed by atoms with van der Waals surface area (Å²) in [7, 11) is 0. The second kappa shape index (κ2) is 4.97. The van der Waals surface area contributed by atoms with Crippen molar-refractivity contribution in [2.45, 2.75) is 45.6 Å². The number of carbonyl (C=O) groups is 1. The van der Waals surface area contributed by atoms with Gasteiger partial charge in [-0.25, -0.2) is 4.68 Å². The van der Waals surface area contributed by atoms with Crippen LogP contribution in [0.5, 0.6) is 0 Å². The summed E-state index contributed by atoms with van der Waals surface area (Å²) in [6, 6.07) is 3.40. The van der Waals surface area contributed by atoms with Crippen molar-refractivity contribution < 1.29 is 4.79 Å². The number of likely N-dealkylation sites (tertiary alicyclic amines) is 1. The fraction of sp³-hybridized carbons (Fsp3) is 0.688. The van der Waals surface area contributed by atoms with Gasteiger partial charge < -0.3 is 4.90 Å². The van der Waals surface area contributed by atoms with Crippen molar-refractivity contribution in [3.8, 4) is 0 Å². The van der Waals surface area contributed by atoms with Crippen LogP contribution in [-0.2, 0) is 16.8 Å².